The molecule has 0 saturated heterocycles. The number of unbranched alkanes of at least 4 members (excludes halogenated alkanes) is 1. The molecular formula is C10H16N2O3. The molecule has 0 N–H and O–H groups in total. The fourth-order valence-electron chi connectivity index (χ4n) is 1.02. The van der Waals surface area contributed by atoms with Crippen molar-refractivity contribution in [1.82, 2.24) is 0 Å². The average Bonchev–Trinajstić information content (AvgIpc) is 2.16. The second-order valence-electron chi connectivity index (χ2n) is 3.19. The lowest BCUT2D eigenvalue weighted by atomic mass is 10.3. The van der Waals surface area contributed by atoms with Crippen LogP contribution in [0.3, 0.4) is 0 Å². The average molecular weight is 212 g/mol. The number of hydrogen-bond donors (Lipinski definition) is 0. The van der Waals surface area contributed by atoms with Crippen LogP contribution in [0, 0.1) is 22.2 Å². The number of aryl methyl sites for hydroxylation is 2. The van der Waals surface area contributed by atoms with Gasteiger partial charge in [0.15, 0.2) is 12.4 Å². The molecule has 84 valence electrons. The Morgan fingerprint density at radius 3 is 2.20 bits per heavy atom. The van der Waals surface area contributed by atoms with Crippen LogP contribution < -0.4 is 4.57 Å². The lowest BCUT2D eigenvalue weighted by Gasteiger charge is -1.94. The van der Waals surface area contributed by atoms with Crippen LogP contribution in [-0.2, 0) is 6.54 Å². The Hall–Kier alpha value is -1.65. The molecule has 0 radical (unpaired) electrons. The molecule has 5 heteroatoms. The minimum atomic E-state index is -1.75. The van der Waals surface area contributed by atoms with Gasteiger partial charge in [0.2, 0.25) is 0 Å². The zero-order chi connectivity index (χ0) is 11.7. The van der Waals surface area contributed by atoms with Crippen LogP contribution in [-0.4, -0.2) is 5.09 Å². The van der Waals surface area contributed by atoms with Gasteiger partial charge in [0.1, 0.15) is 6.54 Å². The van der Waals surface area contributed by atoms with Crippen LogP contribution in [0.4, 0.5) is 0 Å². The molecule has 15 heavy (non-hydrogen) atoms. The first-order chi connectivity index (χ1) is 7.06. The van der Waals surface area contributed by atoms with Crippen molar-refractivity contribution in [3.05, 3.63) is 45.4 Å². The van der Waals surface area contributed by atoms with Crippen molar-refractivity contribution in [3.63, 3.8) is 0 Å². The SMILES string of the molecule is CCCC[n+]1ccc(C)cc1.O=[N+]([O-])[O-]. The van der Waals surface area contributed by atoms with Gasteiger partial charge >= 0.3 is 0 Å². The van der Waals surface area contributed by atoms with E-state index in [0.717, 1.165) is 6.54 Å². The van der Waals surface area contributed by atoms with Crippen LogP contribution in [0.2, 0.25) is 0 Å². The first kappa shape index (κ1) is 13.4. The van der Waals surface area contributed by atoms with E-state index in [2.05, 4.69) is 42.9 Å². The van der Waals surface area contributed by atoms with Crippen LogP contribution in [0.25, 0.3) is 0 Å². The minimum Gasteiger partial charge on any atom is -0.356 e. The van der Waals surface area contributed by atoms with E-state index in [1.54, 1.807) is 0 Å². The van der Waals surface area contributed by atoms with E-state index in [-0.39, 0.29) is 0 Å². The maximum Gasteiger partial charge on any atom is 0.169 e. The monoisotopic (exact) mass is 212 g/mol. The summed E-state index contributed by atoms with van der Waals surface area (Å²) in [7, 11) is 0. The Labute approximate surface area is 89.1 Å². The van der Waals surface area contributed by atoms with Gasteiger partial charge in [-0.3, -0.25) is 0 Å². The van der Waals surface area contributed by atoms with Crippen molar-refractivity contribution >= 4 is 0 Å². The second kappa shape index (κ2) is 7.73. The van der Waals surface area contributed by atoms with E-state index >= 15 is 0 Å². The summed E-state index contributed by atoms with van der Waals surface area (Å²) in [5, 5.41) is 14.8. The zero-order valence-electron chi connectivity index (χ0n) is 9.05. The maximum absolute atomic E-state index is 8.25. The second-order valence-corrected chi connectivity index (χ2v) is 3.19. The quantitative estimate of drug-likeness (QED) is 0.436. The largest absolute Gasteiger partial charge is 0.356 e. The van der Waals surface area contributed by atoms with E-state index in [9.17, 15) is 0 Å². The molecule has 0 amide bonds. The standard InChI is InChI=1S/C10H16N.NO3/c1-3-4-7-11-8-5-10(2)6-9-11;2-1(3)4/h5-6,8-9H,3-4,7H2,1-2H3;/q+1;-1. The van der Waals surface area contributed by atoms with Crippen molar-refractivity contribution in [2.75, 3.05) is 0 Å². The molecule has 5 nitrogen and oxygen atoms in total. The Morgan fingerprint density at radius 2 is 1.80 bits per heavy atom. The number of hydrogen-bond acceptors (Lipinski definition) is 3. The number of pyridine rings is 1. The smallest absolute Gasteiger partial charge is 0.169 e. The molecule has 1 aromatic rings. The molecule has 0 fully saturated rings. The predicted molar refractivity (Wildman–Crippen MR) is 56.6 cm³/mol. The first-order valence-corrected chi connectivity index (χ1v) is 4.83. The Kier molecular flexibility index (Phi) is 6.88. The highest BCUT2D eigenvalue weighted by Gasteiger charge is 1.95. The fraction of sp³-hybridized carbons (Fsp3) is 0.500. The maximum atomic E-state index is 8.25. The number of nitrogens with zero attached hydrogens (tertiary/aromatic N) is 2. The molecule has 0 aliphatic heterocycles. The van der Waals surface area contributed by atoms with Gasteiger partial charge in [-0.1, -0.05) is 13.3 Å². The third-order valence-electron chi connectivity index (χ3n) is 1.83. The Balaban J connectivity index is 0.000000423. The lowest BCUT2D eigenvalue weighted by Crippen LogP contribution is -2.32. The molecule has 0 aliphatic carbocycles. The van der Waals surface area contributed by atoms with Gasteiger partial charge in [-0.05, 0) is 12.5 Å². The summed E-state index contributed by atoms with van der Waals surface area (Å²) in [6, 6.07) is 4.30. The molecule has 0 spiro atoms. The Bertz CT molecular complexity index is 281. The van der Waals surface area contributed by atoms with Crippen molar-refractivity contribution in [2.24, 2.45) is 0 Å². The van der Waals surface area contributed by atoms with Gasteiger partial charge < -0.3 is 15.3 Å². The fourth-order valence-corrected chi connectivity index (χ4v) is 1.02. The molecule has 1 rings (SSSR count). The van der Waals surface area contributed by atoms with Crippen molar-refractivity contribution in [1.29, 1.82) is 0 Å². The summed E-state index contributed by atoms with van der Waals surface area (Å²) in [4.78, 5) is 8.25. The van der Waals surface area contributed by atoms with Crippen molar-refractivity contribution < 1.29 is 9.65 Å². The third-order valence-corrected chi connectivity index (χ3v) is 1.83. The van der Waals surface area contributed by atoms with E-state index in [4.69, 9.17) is 15.3 Å². The van der Waals surface area contributed by atoms with Crippen molar-refractivity contribution in [2.45, 2.75) is 33.2 Å². The molecule has 1 aromatic heterocycles. The highest BCUT2D eigenvalue weighted by atomic mass is 16.9. The van der Waals surface area contributed by atoms with Gasteiger partial charge in [-0.15, -0.1) is 0 Å². The van der Waals surface area contributed by atoms with Gasteiger partial charge in [0, 0.05) is 18.6 Å². The molecular weight excluding hydrogens is 196 g/mol. The normalized spacial score (nSPS) is 8.93. The summed E-state index contributed by atoms with van der Waals surface area (Å²) < 4.78 is 2.23. The third kappa shape index (κ3) is 8.67. The van der Waals surface area contributed by atoms with Crippen LogP contribution in [0.15, 0.2) is 24.5 Å². The van der Waals surface area contributed by atoms with Gasteiger partial charge in [0.05, 0.1) is 5.09 Å². The highest BCUT2D eigenvalue weighted by molar-refractivity contribution is 5.03. The minimum absolute atomic E-state index is 1.15. The van der Waals surface area contributed by atoms with Gasteiger partial charge in [0.25, 0.3) is 0 Å². The molecule has 0 bridgehead atoms. The highest BCUT2D eigenvalue weighted by Crippen LogP contribution is 1.91. The predicted octanol–water partition coefficient (Wildman–Crippen LogP) is 1.84. The van der Waals surface area contributed by atoms with Crippen molar-refractivity contribution in [3.8, 4) is 0 Å². The van der Waals surface area contributed by atoms with E-state index < -0.39 is 5.09 Å². The lowest BCUT2D eigenvalue weighted by molar-refractivity contribution is -0.697. The van der Waals surface area contributed by atoms with E-state index in [1.165, 1.54) is 18.4 Å². The number of rotatable bonds is 3. The van der Waals surface area contributed by atoms with Gasteiger partial charge in [-0.2, -0.15) is 0 Å². The molecule has 0 aliphatic rings. The first-order valence-electron chi connectivity index (χ1n) is 4.83. The molecule has 1 heterocycles. The topological polar surface area (TPSA) is 70.1 Å². The summed E-state index contributed by atoms with van der Waals surface area (Å²) in [5.41, 5.74) is 1.33. The zero-order valence-corrected chi connectivity index (χ0v) is 9.05. The van der Waals surface area contributed by atoms with E-state index in [1.807, 2.05) is 0 Å². The summed E-state index contributed by atoms with van der Waals surface area (Å²) in [6.45, 7) is 5.48. The summed E-state index contributed by atoms with van der Waals surface area (Å²) >= 11 is 0. The summed E-state index contributed by atoms with van der Waals surface area (Å²) in [5.74, 6) is 0. The molecule has 0 aromatic carbocycles. The Morgan fingerprint density at radius 1 is 1.33 bits per heavy atom. The molecule has 0 unspecified atom stereocenters. The number of aromatic nitrogens is 1. The molecule has 0 saturated carbocycles. The van der Waals surface area contributed by atoms with Crippen LogP contribution >= 0.6 is 0 Å². The summed E-state index contributed by atoms with van der Waals surface area (Å²) in [6.07, 6.45) is 6.82. The van der Waals surface area contributed by atoms with Crippen LogP contribution in [0.5, 0.6) is 0 Å². The molecule has 0 atom stereocenters. The van der Waals surface area contributed by atoms with E-state index in [0.29, 0.717) is 0 Å². The van der Waals surface area contributed by atoms with Gasteiger partial charge in [-0.25, -0.2) is 4.57 Å². The van der Waals surface area contributed by atoms with Crippen LogP contribution in [0.1, 0.15) is 25.3 Å².